The summed E-state index contributed by atoms with van der Waals surface area (Å²) < 4.78 is 78.1. The Kier molecular flexibility index (Phi) is 5.70. The van der Waals surface area contributed by atoms with Crippen LogP contribution in [0.2, 0.25) is 0 Å². The van der Waals surface area contributed by atoms with Gasteiger partial charge in [-0.2, -0.15) is 26.3 Å². The van der Waals surface area contributed by atoms with Crippen molar-refractivity contribution in [2.75, 3.05) is 5.32 Å². The minimum absolute atomic E-state index is 0.0515. The lowest BCUT2D eigenvalue weighted by Gasteiger charge is -2.29. The van der Waals surface area contributed by atoms with Crippen LogP contribution in [-0.4, -0.2) is 11.9 Å². The van der Waals surface area contributed by atoms with E-state index in [1.165, 1.54) is 13.0 Å². The maximum absolute atomic E-state index is 13.2. The SMILES string of the molecule is CC1=C(C(=O)Nc2ccccc2C(F)(F)F)[C@@H](c2ccc(C(F)(F)F)cc2)NC(=O)N1. The molecule has 0 radical (unpaired) electrons. The van der Waals surface area contributed by atoms with Gasteiger partial charge in [0.2, 0.25) is 0 Å². The molecule has 11 heteroatoms. The van der Waals surface area contributed by atoms with Gasteiger partial charge in [-0.15, -0.1) is 0 Å². The normalized spacial score (nSPS) is 17.1. The number of alkyl halides is 6. The highest BCUT2D eigenvalue weighted by Crippen LogP contribution is 2.36. The van der Waals surface area contributed by atoms with E-state index < -0.39 is 47.1 Å². The molecule has 3 rings (SSSR count). The van der Waals surface area contributed by atoms with Crippen molar-refractivity contribution in [3.63, 3.8) is 0 Å². The third-order valence-electron chi connectivity index (χ3n) is 4.57. The number of amides is 3. The molecule has 0 bridgehead atoms. The third kappa shape index (κ3) is 4.81. The van der Waals surface area contributed by atoms with Crippen molar-refractivity contribution in [2.45, 2.75) is 25.3 Å². The Labute approximate surface area is 172 Å². The zero-order chi connectivity index (χ0) is 23.0. The van der Waals surface area contributed by atoms with Gasteiger partial charge < -0.3 is 16.0 Å². The number of carbonyl (C=O) groups is 2. The molecule has 31 heavy (non-hydrogen) atoms. The first-order valence-electron chi connectivity index (χ1n) is 8.81. The Morgan fingerprint density at radius 2 is 1.55 bits per heavy atom. The Hall–Kier alpha value is -3.50. The fourth-order valence-electron chi connectivity index (χ4n) is 3.14. The predicted octanol–water partition coefficient (Wildman–Crippen LogP) is 4.99. The molecular weight excluding hydrogens is 428 g/mol. The van der Waals surface area contributed by atoms with E-state index in [0.29, 0.717) is 0 Å². The van der Waals surface area contributed by atoms with Crippen LogP contribution in [0.25, 0.3) is 0 Å². The topological polar surface area (TPSA) is 70.2 Å². The highest BCUT2D eigenvalue weighted by Gasteiger charge is 2.36. The second kappa shape index (κ2) is 7.97. The number of carbonyl (C=O) groups excluding carboxylic acids is 2. The number of para-hydroxylation sites is 1. The van der Waals surface area contributed by atoms with E-state index >= 15 is 0 Å². The summed E-state index contributed by atoms with van der Waals surface area (Å²) >= 11 is 0. The van der Waals surface area contributed by atoms with Gasteiger partial charge in [-0.05, 0) is 36.8 Å². The first kappa shape index (κ1) is 22.2. The number of rotatable bonds is 3. The van der Waals surface area contributed by atoms with Crippen LogP contribution >= 0.6 is 0 Å². The van der Waals surface area contributed by atoms with E-state index in [2.05, 4.69) is 16.0 Å². The van der Waals surface area contributed by atoms with Crippen LogP contribution in [0.4, 0.5) is 36.8 Å². The Morgan fingerprint density at radius 3 is 2.13 bits per heavy atom. The van der Waals surface area contributed by atoms with Gasteiger partial charge in [0, 0.05) is 5.70 Å². The first-order valence-corrected chi connectivity index (χ1v) is 8.81. The van der Waals surface area contributed by atoms with E-state index in [0.717, 1.165) is 42.5 Å². The second-order valence-corrected chi connectivity index (χ2v) is 6.69. The van der Waals surface area contributed by atoms with Crippen LogP contribution in [0, 0.1) is 0 Å². The van der Waals surface area contributed by atoms with E-state index in [1.54, 1.807) is 0 Å². The van der Waals surface area contributed by atoms with Crippen LogP contribution in [0.3, 0.4) is 0 Å². The Bertz CT molecular complexity index is 1040. The largest absolute Gasteiger partial charge is 0.418 e. The van der Waals surface area contributed by atoms with Crippen molar-refractivity contribution in [3.05, 3.63) is 76.5 Å². The standard InChI is InChI=1S/C20H15F6N3O2/c1-10-15(17(30)28-14-5-3-2-4-13(14)20(24,25)26)16(29-18(31)27-10)11-6-8-12(9-7-11)19(21,22)23/h2-9,16H,1H3,(H,28,30)(H2,27,29,31)/t16-/m1/s1. The summed E-state index contributed by atoms with van der Waals surface area (Å²) in [6.07, 6.45) is -9.30. The van der Waals surface area contributed by atoms with Gasteiger partial charge in [0.05, 0.1) is 28.4 Å². The lowest BCUT2D eigenvalue weighted by molar-refractivity contribution is -0.138. The van der Waals surface area contributed by atoms with Crippen molar-refractivity contribution in [1.29, 1.82) is 0 Å². The molecule has 3 amide bonds. The summed E-state index contributed by atoms with van der Waals surface area (Å²) in [5.41, 5.74) is -2.44. The summed E-state index contributed by atoms with van der Waals surface area (Å²) in [6.45, 7) is 1.36. The van der Waals surface area contributed by atoms with E-state index in [4.69, 9.17) is 0 Å². The summed E-state index contributed by atoms with van der Waals surface area (Å²) in [5, 5.41) is 6.93. The minimum atomic E-state index is -4.72. The second-order valence-electron chi connectivity index (χ2n) is 6.69. The van der Waals surface area contributed by atoms with Gasteiger partial charge in [0.25, 0.3) is 5.91 Å². The van der Waals surface area contributed by atoms with Gasteiger partial charge >= 0.3 is 18.4 Å². The molecule has 2 aromatic rings. The number of urea groups is 1. The maximum atomic E-state index is 13.2. The first-order chi connectivity index (χ1) is 14.4. The van der Waals surface area contributed by atoms with E-state index in [9.17, 15) is 35.9 Å². The van der Waals surface area contributed by atoms with Crippen LogP contribution in [0.15, 0.2) is 59.8 Å². The summed E-state index contributed by atoms with van der Waals surface area (Å²) in [7, 11) is 0. The highest BCUT2D eigenvalue weighted by molar-refractivity contribution is 6.07. The van der Waals surface area contributed by atoms with Crippen molar-refractivity contribution in [3.8, 4) is 0 Å². The minimum Gasteiger partial charge on any atom is -0.327 e. The summed E-state index contributed by atoms with van der Waals surface area (Å²) in [4.78, 5) is 24.7. The molecule has 0 unspecified atom stereocenters. The smallest absolute Gasteiger partial charge is 0.327 e. The lowest BCUT2D eigenvalue weighted by atomic mass is 9.94. The molecule has 0 aliphatic carbocycles. The van der Waals surface area contributed by atoms with Crippen LogP contribution in [0.5, 0.6) is 0 Å². The Balaban J connectivity index is 1.97. The van der Waals surface area contributed by atoms with Crippen LogP contribution in [-0.2, 0) is 17.1 Å². The molecule has 1 aliphatic heterocycles. The number of nitrogens with one attached hydrogen (secondary N) is 3. The van der Waals surface area contributed by atoms with Gasteiger partial charge in [-0.25, -0.2) is 4.79 Å². The van der Waals surface area contributed by atoms with Crippen molar-refractivity contribution in [1.82, 2.24) is 10.6 Å². The molecule has 1 aliphatic rings. The molecule has 164 valence electrons. The molecule has 1 heterocycles. The number of halogens is 6. The van der Waals surface area contributed by atoms with E-state index in [1.807, 2.05) is 0 Å². The Morgan fingerprint density at radius 1 is 0.935 bits per heavy atom. The zero-order valence-electron chi connectivity index (χ0n) is 15.8. The number of allylic oxidation sites excluding steroid dienone is 1. The zero-order valence-corrected chi connectivity index (χ0v) is 15.8. The third-order valence-corrected chi connectivity index (χ3v) is 4.57. The number of anilines is 1. The monoisotopic (exact) mass is 443 g/mol. The molecule has 0 saturated heterocycles. The molecule has 5 nitrogen and oxygen atoms in total. The average molecular weight is 443 g/mol. The van der Waals surface area contributed by atoms with Crippen LogP contribution < -0.4 is 16.0 Å². The average Bonchev–Trinajstić information content (AvgIpc) is 2.66. The summed E-state index contributed by atoms with van der Waals surface area (Å²) in [5.74, 6) is -0.952. The van der Waals surface area contributed by atoms with Crippen molar-refractivity contribution in [2.24, 2.45) is 0 Å². The predicted molar refractivity (Wildman–Crippen MR) is 98.6 cm³/mol. The van der Waals surface area contributed by atoms with Gasteiger partial charge in [0.15, 0.2) is 0 Å². The van der Waals surface area contributed by atoms with Crippen molar-refractivity contribution >= 4 is 17.6 Å². The molecular formula is C20H15F6N3O2. The lowest BCUT2D eigenvalue weighted by Crippen LogP contribution is -2.46. The molecule has 3 N–H and O–H groups in total. The number of hydrogen-bond donors (Lipinski definition) is 3. The molecule has 0 fully saturated rings. The molecule has 0 aromatic heterocycles. The van der Waals surface area contributed by atoms with Gasteiger partial charge in [-0.1, -0.05) is 24.3 Å². The van der Waals surface area contributed by atoms with Gasteiger partial charge in [-0.3, -0.25) is 4.79 Å². The molecule has 1 atom stereocenters. The van der Waals surface area contributed by atoms with Crippen molar-refractivity contribution < 1.29 is 35.9 Å². The maximum Gasteiger partial charge on any atom is 0.418 e. The number of hydrogen-bond acceptors (Lipinski definition) is 2. The van der Waals surface area contributed by atoms with Gasteiger partial charge in [0.1, 0.15) is 0 Å². The fourth-order valence-corrected chi connectivity index (χ4v) is 3.14. The number of benzene rings is 2. The fraction of sp³-hybridized carbons (Fsp3) is 0.200. The highest BCUT2D eigenvalue weighted by atomic mass is 19.4. The summed E-state index contributed by atoms with van der Waals surface area (Å²) in [6, 6.07) is 6.19. The van der Waals surface area contributed by atoms with Crippen LogP contribution in [0.1, 0.15) is 29.7 Å². The molecule has 2 aromatic carbocycles. The molecule has 0 spiro atoms. The molecule has 0 saturated carbocycles. The van der Waals surface area contributed by atoms with E-state index in [-0.39, 0.29) is 16.8 Å². The quantitative estimate of drug-likeness (QED) is 0.585.